The second-order valence-electron chi connectivity index (χ2n) is 4.47. The van der Waals surface area contributed by atoms with E-state index in [-0.39, 0.29) is 10.0 Å². The largest absolute Gasteiger partial charge is 0.379 e. The molecular weight excluding hydrogens is 284 g/mol. The van der Waals surface area contributed by atoms with Gasteiger partial charge >= 0.3 is 0 Å². The van der Waals surface area contributed by atoms with E-state index >= 15 is 0 Å². The molecule has 100 valence electrons. The lowest BCUT2D eigenvalue weighted by Gasteiger charge is -2.14. The summed E-state index contributed by atoms with van der Waals surface area (Å²) in [5, 5.41) is 3.75. The van der Waals surface area contributed by atoms with Crippen LogP contribution >= 0.6 is 23.2 Å². The molecule has 0 fully saturated rings. The van der Waals surface area contributed by atoms with E-state index in [9.17, 15) is 4.39 Å². The summed E-state index contributed by atoms with van der Waals surface area (Å²) in [4.78, 5) is 0. The van der Waals surface area contributed by atoms with Gasteiger partial charge in [0.1, 0.15) is 5.82 Å². The maximum Gasteiger partial charge on any atom is 0.126 e. The molecule has 0 aliphatic rings. The van der Waals surface area contributed by atoms with Crippen LogP contribution in [-0.4, -0.2) is 0 Å². The van der Waals surface area contributed by atoms with Crippen molar-refractivity contribution in [3.05, 3.63) is 62.9 Å². The molecule has 0 unspecified atom stereocenters. The zero-order valence-corrected chi connectivity index (χ0v) is 12.2. The lowest BCUT2D eigenvalue weighted by Crippen LogP contribution is -2.04. The summed E-state index contributed by atoms with van der Waals surface area (Å²) in [6.45, 7) is 4.71. The van der Waals surface area contributed by atoms with Gasteiger partial charge in [0, 0.05) is 6.54 Å². The van der Waals surface area contributed by atoms with Gasteiger partial charge in [-0.05, 0) is 42.7 Å². The van der Waals surface area contributed by atoms with Crippen LogP contribution in [0.5, 0.6) is 0 Å². The second kappa shape index (κ2) is 5.81. The van der Waals surface area contributed by atoms with Crippen LogP contribution in [0.15, 0.2) is 30.3 Å². The molecule has 19 heavy (non-hydrogen) atoms. The van der Waals surface area contributed by atoms with Crippen molar-refractivity contribution in [3.63, 3.8) is 0 Å². The highest BCUT2D eigenvalue weighted by molar-refractivity contribution is 6.39. The Kier molecular flexibility index (Phi) is 4.33. The van der Waals surface area contributed by atoms with Gasteiger partial charge < -0.3 is 5.32 Å². The fourth-order valence-corrected chi connectivity index (χ4v) is 2.61. The van der Waals surface area contributed by atoms with Gasteiger partial charge in [-0.15, -0.1) is 0 Å². The molecule has 0 spiro atoms. The van der Waals surface area contributed by atoms with Gasteiger partial charge in [-0.1, -0.05) is 41.4 Å². The van der Waals surface area contributed by atoms with Crippen LogP contribution in [0.4, 0.5) is 10.1 Å². The van der Waals surface area contributed by atoms with Crippen LogP contribution in [0.1, 0.15) is 16.7 Å². The zero-order chi connectivity index (χ0) is 14.0. The first-order valence-electron chi connectivity index (χ1n) is 5.92. The summed E-state index contributed by atoms with van der Waals surface area (Å²) in [6, 6.07) is 8.63. The van der Waals surface area contributed by atoms with Crippen LogP contribution < -0.4 is 5.32 Å². The standard InChI is InChI=1S/C15H14Cl2FN/c1-9-4-3-5-10(2)12(9)8-19-15-13(16)6-11(18)7-14(15)17/h3-7,19H,8H2,1-2H3. The maximum absolute atomic E-state index is 13.1. The summed E-state index contributed by atoms with van der Waals surface area (Å²) in [7, 11) is 0. The molecule has 0 radical (unpaired) electrons. The molecule has 0 aliphatic carbocycles. The number of anilines is 1. The molecule has 2 aromatic carbocycles. The normalized spacial score (nSPS) is 10.6. The van der Waals surface area contributed by atoms with Crippen LogP contribution in [0, 0.1) is 19.7 Å². The van der Waals surface area contributed by atoms with E-state index in [4.69, 9.17) is 23.2 Å². The van der Waals surface area contributed by atoms with Crippen molar-refractivity contribution in [2.75, 3.05) is 5.32 Å². The molecule has 2 rings (SSSR count). The molecular formula is C15H14Cl2FN. The molecule has 0 amide bonds. The average molecular weight is 298 g/mol. The molecule has 0 bridgehead atoms. The smallest absolute Gasteiger partial charge is 0.126 e. The summed E-state index contributed by atoms with van der Waals surface area (Å²) >= 11 is 12.0. The van der Waals surface area contributed by atoms with Gasteiger partial charge in [-0.25, -0.2) is 4.39 Å². The second-order valence-corrected chi connectivity index (χ2v) is 5.28. The Hall–Kier alpha value is -1.25. The Morgan fingerprint density at radius 3 is 2.11 bits per heavy atom. The lowest BCUT2D eigenvalue weighted by atomic mass is 10.0. The van der Waals surface area contributed by atoms with Crippen molar-refractivity contribution in [1.82, 2.24) is 0 Å². The number of hydrogen-bond acceptors (Lipinski definition) is 1. The van der Waals surface area contributed by atoms with E-state index in [2.05, 4.69) is 31.3 Å². The van der Waals surface area contributed by atoms with Crippen molar-refractivity contribution in [1.29, 1.82) is 0 Å². The third-order valence-corrected chi connectivity index (χ3v) is 3.69. The summed E-state index contributed by atoms with van der Waals surface area (Å²) in [5.41, 5.74) is 4.15. The Bertz CT molecular complexity index is 568. The van der Waals surface area contributed by atoms with E-state index in [1.807, 2.05) is 6.07 Å². The molecule has 1 N–H and O–H groups in total. The van der Waals surface area contributed by atoms with Crippen LogP contribution in [-0.2, 0) is 6.54 Å². The van der Waals surface area contributed by atoms with Crippen molar-refractivity contribution in [2.24, 2.45) is 0 Å². The third-order valence-electron chi connectivity index (χ3n) is 3.09. The van der Waals surface area contributed by atoms with Crippen molar-refractivity contribution >= 4 is 28.9 Å². The van der Waals surface area contributed by atoms with Crippen LogP contribution in [0.25, 0.3) is 0 Å². The monoisotopic (exact) mass is 297 g/mol. The van der Waals surface area contributed by atoms with E-state index in [0.29, 0.717) is 12.2 Å². The number of rotatable bonds is 3. The molecule has 1 nitrogen and oxygen atoms in total. The van der Waals surface area contributed by atoms with Gasteiger partial charge in [0.05, 0.1) is 15.7 Å². The highest BCUT2D eigenvalue weighted by Crippen LogP contribution is 2.32. The maximum atomic E-state index is 13.1. The first-order chi connectivity index (χ1) is 8.99. The zero-order valence-electron chi connectivity index (χ0n) is 10.7. The van der Waals surface area contributed by atoms with Crippen LogP contribution in [0.2, 0.25) is 10.0 Å². The number of aryl methyl sites for hydroxylation is 2. The van der Waals surface area contributed by atoms with Crippen molar-refractivity contribution < 1.29 is 4.39 Å². The van der Waals surface area contributed by atoms with Gasteiger partial charge in [-0.3, -0.25) is 0 Å². The lowest BCUT2D eigenvalue weighted by molar-refractivity contribution is 0.628. The van der Waals surface area contributed by atoms with Gasteiger partial charge in [0.15, 0.2) is 0 Å². The SMILES string of the molecule is Cc1cccc(C)c1CNc1c(Cl)cc(F)cc1Cl. The number of nitrogens with one attached hydrogen (secondary N) is 1. The van der Waals surface area contributed by atoms with E-state index in [0.717, 1.165) is 0 Å². The molecule has 0 heterocycles. The summed E-state index contributed by atoms with van der Waals surface area (Å²) in [5.74, 6) is -0.437. The molecule has 4 heteroatoms. The van der Waals surface area contributed by atoms with Crippen LogP contribution in [0.3, 0.4) is 0 Å². The molecule has 0 aliphatic heterocycles. The van der Waals surface area contributed by atoms with E-state index < -0.39 is 5.82 Å². The Labute approximate surface area is 122 Å². The molecule has 0 atom stereocenters. The Morgan fingerprint density at radius 2 is 1.58 bits per heavy atom. The minimum absolute atomic E-state index is 0.288. The molecule has 0 saturated carbocycles. The van der Waals surface area contributed by atoms with E-state index in [1.165, 1.54) is 28.8 Å². The topological polar surface area (TPSA) is 12.0 Å². The Balaban J connectivity index is 2.24. The molecule has 2 aromatic rings. The third kappa shape index (κ3) is 3.20. The fraction of sp³-hybridized carbons (Fsp3) is 0.200. The first kappa shape index (κ1) is 14.2. The molecule has 0 saturated heterocycles. The predicted molar refractivity (Wildman–Crippen MR) is 79.7 cm³/mol. The number of halogens is 3. The Morgan fingerprint density at radius 1 is 1.05 bits per heavy atom. The highest BCUT2D eigenvalue weighted by atomic mass is 35.5. The van der Waals surface area contributed by atoms with Crippen molar-refractivity contribution in [2.45, 2.75) is 20.4 Å². The summed E-state index contributed by atoms with van der Waals surface area (Å²) in [6.07, 6.45) is 0. The average Bonchev–Trinajstić information content (AvgIpc) is 2.31. The number of benzene rings is 2. The first-order valence-corrected chi connectivity index (χ1v) is 6.68. The quantitative estimate of drug-likeness (QED) is 0.804. The predicted octanol–water partition coefficient (Wildman–Crippen LogP) is 5.36. The summed E-state index contributed by atoms with van der Waals surface area (Å²) < 4.78 is 13.1. The fourth-order valence-electron chi connectivity index (χ4n) is 2.02. The highest BCUT2D eigenvalue weighted by Gasteiger charge is 2.09. The van der Waals surface area contributed by atoms with Crippen molar-refractivity contribution in [3.8, 4) is 0 Å². The minimum atomic E-state index is -0.437. The number of hydrogen-bond donors (Lipinski definition) is 1. The minimum Gasteiger partial charge on any atom is -0.379 e. The van der Waals surface area contributed by atoms with Gasteiger partial charge in [-0.2, -0.15) is 0 Å². The van der Waals surface area contributed by atoms with Gasteiger partial charge in [0.2, 0.25) is 0 Å². The van der Waals surface area contributed by atoms with E-state index in [1.54, 1.807) is 0 Å². The van der Waals surface area contributed by atoms with Gasteiger partial charge in [0.25, 0.3) is 0 Å². The molecule has 0 aromatic heterocycles.